The molecule has 0 aromatic carbocycles. The maximum atomic E-state index is 14.3. The molecule has 11 heteroatoms. The molecule has 2 saturated heterocycles. The molecule has 2 atom stereocenters. The lowest BCUT2D eigenvalue weighted by Crippen LogP contribution is -2.48. The number of hydrogen-bond donors (Lipinski definition) is 3. The van der Waals surface area contributed by atoms with Crippen LogP contribution in [0.25, 0.3) is 16.9 Å². The van der Waals surface area contributed by atoms with Gasteiger partial charge in [0.25, 0.3) is 5.91 Å². The van der Waals surface area contributed by atoms with Crippen molar-refractivity contribution in [3.63, 3.8) is 0 Å². The number of fused-ring (bicyclic) bond motifs is 1. The summed E-state index contributed by atoms with van der Waals surface area (Å²) in [6.45, 7) is 5.65. The fourth-order valence-corrected chi connectivity index (χ4v) is 4.57. The zero-order chi connectivity index (χ0) is 26.2. The molecule has 3 aromatic rings. The molecule has 2 aliphatic rings. The summed E-state index contributed by atoms with van der Waals surface area (Å²) in [5.41, 5.74) is 1.82. The maximum Gasteiger partial charge on any atom is 0.255 e. The number of amides is 1. The molecule has 5 rings (SSSR count). The number of pyridine rings is 1. The standard InChI is InChI=1S/C26H30FN7O3/c1-26(2,36)24(27)12-30-25(35)20-11-29-22(23-4-3-18-7-16(9-28)10-31-34(18)23)8-21(20)32-17-5-6-33(13-17)19-14-37-15-19/h3-4,7-8,10-11,17,19,24,36H,5-6,12-15H2,1-2H3,(H,29,32)(H,30,35)/t17-,24+/m0/s1. The van der Waals surface area contributed by atoms with Crippen LogP contribution >= 0.6 is 0 Å². The number of hydrogen-bond acceptors (Lipinski definition) is 8. The molecule has 1 amide bonds. The molecule has 37 heavy (non-hydrogen) atoms. The van der Waals surface area contributed by atoms with Crippen LogP contribution in [-0.4, -0.2) is 87.2 Å². The van der Waals surface area contributed by atoms with Gasteiger partial charge in [-0.05, 0) is 44.5 Å². The molecule has 194 valence electrons. The predicted octanol–water partition coefficient (Wildman–Crippen LogP) is 1.99. The number of ether oxygens (including phenoxy) is 1. The number of nitriles is 1. The molecule has 5 heterocycles. The van der Waals surface area contributed by atoms with Crippen LogP contribution in [0.2, 0.25) is 0 Å². The van der Waals surface area contributed by atoms with Crippen LogP contribution in [0.3, 0.4) is 0 Å². The largest absolute Gasteiger partial charge is 0.387 e. The highest BCUT2D eigenvalue weighted by molar-refractivity contribution is 6.00. The van der Waals surface area contributed by atoms with E-state index in [1.807, 2.05) is 12.1 Å². The highest BCUT2D eigenvalue weighted by Crippen LogP contribution is 2.28. The molecule has 0 radical (unpaired) electrons. The van der Waals surface area contributed by atoms with Crippen LogP contribution in [0.4, 0.5) is 10.1 Å². The molecule has 2 aliphatic heterocycles. The van der Waals surface area contributed by atoms with Gasteiger partial charge in [0.15, 0.2) is 0 Å². The predicted molar refractivity (Wildman–Crippen MR) is 135 cm³/mol. The van der Waals surface area contributed by atoms with Gasteiger partial charge in [-0.25, -0.2) is 8.91 Å². The summed E-state index contributed by atoms with van der Waals surface area (Å²) in [6.07, 6.45) is 2.25. The smallest absolute Gasteiger partial charge is 0.255 e. The molecule has 0 aliphatic carbocycles. The van der Waals surface area contributed by atoms with Crippen molar-refractivity contribution in [3.8, 4) is 17.5 Å². The van der Waals surface area contributed by atoms with Gasteiger partial charge >= 0.3 is 0 Å². The van der Waals surface area contributed by atoms with E-state index in [2.05, 4.69) is 31.7 Å². The Labute approximate surface area is 214 Å². The summed E-state index contributed by atoms with van der Waals surface area (Å²) in [7, 11) is 0. The van der Waals surface area contributed by atoms with Crippen LogP contribution in [-0.2, 0) is 4.74 Å². The van der Waals surface area contributed by atoms with Crippen LogP contribution in [0.1, 0.15) is 36.2 Å². The van der Waals surface area contributed by atoms with Crippen molar-refractivity contribution in [2.75, 3.05) is 38.2 Å². The minimum Gasteiger partial charge on any atom is -0.387 e. The van der Waals surface area contributed by atoms with Gasteiger partial charge in [0.2, 0.25) is 0 Å². The third-order valence-corrected chi connectivity index (χ3v) is 6.97. The van der Waals surface area contributed by atoms with E-state index < -0.39 is 17.7 Å². The Morgan fingerprint density at radius 1 is 1.35 bits per heavy atom. The lowest BCUT2D eigenvalue weighted by atomic mass is 10.0. The molecule has 2 fully saturated rings. The Balaban J connectivity index is 1.42. The van der Waals surface area contributed by atoms with Gasteiger partial charge in [0.05, 0.1) is 71.3 Å². The van der Waals surface area contributed by atoms with Crippen molar-refractivity contribution in [1.82, 2.24) is 24.8 Å². The van der Waals surface area contributed by atoms with E-state index in [4.69, 9.17) is 10.00 Å². The van der Waals surface area contributed by atoms with Crippen molar-refractivity contribution in [2.45, 2.75) is 44.1 Å². The van der Waals surface area contributed by atoms with Crippen LogP contribution in [0.15, 0.2) is 36.7 Å². The van der Waals surface area contributed by atoms with E-state index in [0.29, 0.717) is 28.7 Å². The van der Waals surface area contributed by atoms with Crippen molar-refractivity contribution in [1.29, 1.82) is 5.26 Å². The Hall–Kier alpha value is -3.59. The van der Waals surface area contributed by atoms with Crippen molar-refractivity contribution < 1.29 is 19.0 Å². The number of anilines is 1. The van der Waals surface area contributed by atoms with Crippen LogP contribution < -0.4 is 10.6 Å². The number of halogens is 1. The number of alkyl halides is 1. The first-order valence-corrected chi connectivity index (χ1v) is 12.3. The fourth-order valence-electron chi connectivity index (χ4n) is 4.57. The third-order valence-electron chi connectivity index (χ3n) is 6.97. The minimum absolute atomic E-state index is 0.119. The number of nitrogens with one attached hydrogen (secondary N) is 2. The highest BCUT2D eigenvalue weighted by Gasteiger charge is 2.33. The second-order valence-electron chi connectivity index (χ2n) is 10.2. The van der Waals surface area contributed by atoms with Gasteiger partial charge in [-0.1, -0.05) is 0 Å². The summed E-state index contributed by atoms with van der Waals surface area (Å²) >= 11 is 0. The number of carbonyl (C=O) groups excluding carboxylic acids is 1. The average molecular weight is 508 g/mol. The topological polar surface area (TPSA) is 128 Å². The quantitative estimate of drug-likeness (QED) is 0.422. The monoisotopic (exact) mass is 507 g/mol. The first-order valence-electron chi connectivity index (χ1n) is 12.3. The number of likely N-dealkylation sites (tertiary alicyclic amines) is 1. The van der Waals surface area contributed by atoms with Gasteiger partial charge in [0, 0.05) is 25.3 Å². The van der Waals surface area contributed by atoms with E-state index in [1.165, 1.54) is 26.2 Å². The number of aromatic nitrogens is 3. The molecule has 3 aromatic heterocycles. The van der Waals surface area contributed by atoms with Crippen molar-refractivity contribution in [3.05, 3.63) is 47.8 Å². The SMILES string of the molecule is CC(C)(O)[C@H](F)CNC(=O)c1cnc(-c2ccc3cc(C#N)cnn23)cc1N[C@H]1CCN(C2COC2)C1. The summed E-state index contributed by atoms with van der Waals surface area (Å²) in [5, 5.41) is 29.5. The lowest BCUT2D eigenvalue weighted by molar-refractivity contribution is -0.0571. The number of aliphatic hydroxyl groups is 1. The first-order chi connectivity index (χ1) is 17.7. The molecule has 3 N–H and O–H groups in total. The Kier molecular flexibility index (Phi) is 6.81. The number of rotatable bonds is 8. The third kappa shape index (κ3) is 5.27. The normalized spacial score (nSPS) is 19.4. The fraction of sp³-hybridized carbons (Fsp3) is 0.462. The summed E-state index contributed by atoms with van der Waals surface area (Å²) in [6, 6.07) is 9.89. The summed E-state index contributed by atoms with van der Waals surface area (Å²) in [4.78, 5) is 20.0. The molecule has 0 unspecified atom stereocenters. The molecule has 10 nitrogen and oxygen atoms in total. The van der Waals surface area contributed by atoms with E-state index in [0.717, 1.165) is 38.2 Å². The van der Waals surface area contributed by atoms with E-state index in [-0.39, 0.29) is 18.2 Å². The molecule has 0 spiro atoms. The Morgan fingerprint density at radius 3 is 2.86 bits per heavy atom. The van der Waals surface area contributed by atoms with Gasteiger partial charge < -0.3 is 20.5 Å². The van der Waals surface area contributed by atoms with Gasteiger partial charge in [-0.3, -0.25) is 14.7 Å². The minimum atomic E-state index is -1.62. The van der Waals surface area contributed by atoms with Crippen LogP contribution in [0, 0.1) is 11.3 Å². The Morgan fingerprint density at radius 2 is 2.16 bits per heavy atom. The second-order valence-corrected chi connectivity index (χ2v) is 10.2. The average Bonchev–Trinajstić information content (AvgIpc) is 3.47. The number of carbonyl (C=O) groups is 1. The summed E-state index contributed by atoms with van der Waals surface area (Å²) < 4.78 is 21.3. The first kappa shape index (κ1) is 25.1. The molecular formula is C26H30FN7O3. The van der Waals surface area contributed by atoms with Gasteiger partial charge in [0.1, 0.15) is 12.2 Å². The Bertz CT molecular complexity index is 1340. The van der Waals surface area contributed by atoms with E-state index >= 15 is 0 Å². The van der Waals surface area contributed by atoms with Crippen molar-refractivity contribution in [2.24, 2.45) is 0 Å². The zero-order valence-electron chi connectivity index (χ0n) is 20.8. The molecular weight excluding hydrogens is 477 g/mol. The second kappa shape index (κ2) is 10.0. The molecule has 0 bridgehead atoms. The lowest BCUT2D eigenvalue weighted by Gasteiger charge is -2.34. The van der Waals surface area contributed by atoms with E-state index in [1.54, 1.807) is 16.6 Å². The van der Waals surface area contributed by atoms with Crippen molar-refractivity contribution >= 4 is 17.1 Å². The number of nitrogens with zero attached hydrogens (tertiary/aromatic N) is 5. The molecule has 0 saturated carbocycles. The highest BCUT2D eigenvalue weighted by atomic mass is 19.1. The van der Waals surface area contributed by atoms with Crippen LogP contribution in [0.5, 0.6) is 0 Å². The maximum absolute atomic E-state index is 14.3. The summed E-state index contributed by atoms with van der Waals surface area (Å²) in [5.74, 6) is -0.479. The van der Waals surface area contributed by atoms with Gasteiger partial charge in [-0.15, -0.1) is 0 Å². The van der Waals surface area contributed by atoms with E-state index in [9.17, 15) is 14.3 Å². The zero-order valence-corrected chi connectivity index (χ0v) is 20.8. The van der Waals surface area contributed by atoms with Gasteiger partial charge in [-0.2, -0.15) is 10.4 Å².